The van der Waals surface area contributed by atoms with Crippen molar-refractivity contribution < 1.29 is 4.39 Å². The SMILES string of the molecule is CCNC(=NCc1sc(C)nc1C)NCCSc1ccc(F)cc1. The van der Waals surface area contributed by atoms with Gasteiger partial charge in [0.15, 0.2) is 5.96 Å². The average Bonchev–Trinajstić information content (AvgIpc) is 2.88. The summed E-state index contributed by atoms with van der Waals surface area (Å²) in [6, 6.07) is 6.57. The molecule has 1 aromatic heterocycles. The highest BCUT2D eigenvalue weighted by atomic mass is 32.2. The normalized spacial score (nSPS) is 11.6. The summed E-state index contributed by atoms with van der Waals surface area (Å²) in [4.78, 5) is 11.3. The Balaban J connectivity index is 1.80. The van der Waals surface area contributed by atoms with Crippen molar-refractivity contribution in [2.45, 2.75) is 32.2 Å². The minimum absolute atomic E-state index is 0.201. The fourth-order valence-corrected chi connectivity index (χ4v) is 3.71. The molecule has 130 valence electrons. The van der Waals surface area contributed by atoms with E-state index < -0.39 is 0 Å². The molecule has 0 aliphatic rings. The summed E-state index contributed by atoms with van der Waals surface area (Å²) in [6.45, 7) is 8.33. The third-order valence-electron chi connectivity index (χ3n) is 3.20. The molecule has 7 heteroatoms. The van der Waals surface area contributed by atoms with Crippen molar-refractivity contribution in [1.29, 1.82) is 0 Å². The summed E-state index contributed by atoms with van der Waals surface area (Å²) in [5, 5.41) is 7.65. The highest BCUT2D eigenvalue weighted by molar-refractivity contribution is 7.99. The quantitative estimate of drug-likeness (QED) is 0.339. The number of aryl methyl sites for hydroxylation is 2. The third-order valence-corrected chi connectivity index (χ3v) is 5.27. The molecule has 0 atom stereocenters. The average molecular weight is 367 g/mol. The van der Waals surface area contributed by atoms with Crippen LogP contribution in [-0.4, -0.2) is 29.8 Å². The van der Waals surface area contributed by atoms with Crippen LogP contribution in [0.5, 0.6) is 0 Å². The van der Waals surface area contributed by atoms with Crippen molar-refractivity contribution in [3.63, 3.8) is 0 Å². The lowest BCUT2D eigenvalue weighted by Gasteiger charge is -2.11. The van der Waals surface area contributed by atoms with Gasteiger partial charge in [0, 0.05) is 28.6 Å². The minimum atomic E-state index is -0.201. The lowest BCUT2D eigenvalue weighted by atomic mass is 10.4. The van der Waals surface area contributed by atoms with Gasteiger partial charge in [0.1, 0.15) is 5.82 Å². The Kier molecular flexibility index (Phi) is 7.52. The van der Waals surface area contributed by atoms with Crippen LogP contribution in [0.15, 0.2) is 34.2 Å². The standard InChI is InChI=1S/C17H23FN4S2/c1-4-19-17(21-11-16-12(2)22-13(3)24-16)20-9-10-23-15-7-5-14(18)6-8-15/h5-8H,4,9-11H2,1-3H3,(H2,19,20,21). The van der Waals surface area contributed by atoms with Gasteiger partial charge in [-0.15, -0.1) is 23.1 Å². The van der Waals surface area contributed by atoms with Crippen molar-refractivity contribution in [2.75, 3.05) is 18.8 Å². The number of nitrogens with one attached hydrogen (secondary N) is 2. The van der Waals surface area contributed by atoms with E-state index in [1.165, 1.54) is 17.0 Å². The zero-order valence-electron chi connectivity index (χ0n) is 14.2. The second-order valence-corrected chi connectivity index (χ2v) is 7.62. The molecule has 2 rings (SSSR count). The van der Waals surface area contributed by atoms with Gasteiger partial charge < -0.3 is 10.6 Å². The topological polar surface area (TPSA) is 49.3 Å². The predicted molar refractivity (Wildman–Crippen MR) is 102 cm³/mol. The zero-order valence-corrected chi connectivity index (χ0v) is 15.9. The number of rotatable bonds is 7. The fraction of sp³-hybridized carbons (Fsp3) is 0.412. The van der Waals surface area contributed by atoms with Crippen LogP contribution in [0.3, 0.4) is 0 Å². The third kappa shape index (κ3) is 6.13. The maximum atomic E-state index is 12.9. The Bertz CT molecular complexity index is 668. The molecule has 0 spiro atoms. The van der Waals surface area contributed by atoms with Gasteiger partial charge in [0.05, 0.1) is 17.2 Å². The highest BCUT2D eigenvalue weighted by Gasteiger charge is 2.05. The number of halogens is 1. The van der Waals surface area contributed by atoms with E-state index in [0.29, 0.717) is 6.54 Å². The molecule has 0 aliphatic carbocycles. The Hall–Kier alpha value is -1.60. The Morgan fingerprint density at radius 3 is 2.62 bits per heavy atom. The molecule has 0 saturated carbocycles. The van der Waals surface area contributed by atoms with E-state index in [1.807, 2.05) is 20.8 Å². The molecule has 2 N–H and O–H groups in total. The summed E-state index contributed by atoms with van der Waals surface area (Å²) in [5.41, 5.74) is 1.06. The van der Waals surface area contributed by atoms with E-state index in [2.05, 4.69) is 20.6 Å². The lowest BCUT2D eigenvalue weighted by Crippen LogP contribution is -2.38. The van der Waals surface area contributed by atoms with Crippen molar-refractivity contribution in [3.8, 4) is 0 Å². The number of guanidine groups is 1. The van der Waals surface area contributed by atoms with E-state index in [4.69, 9.17) is 0 Å². The lowest BCUT2D eigenvalue weighted by molar-refractivity contribution is 0.626. The van der Waals surface area contributed by atoms with Crippen LogP contribution >= 0.6 is 23.1 Å². The molecule has 0 aliphatic heterocycles. The summed E-state index contributed by atoms with van der Waals surface area (Å²) >= 11 is 3.38. The van der Waals surface area contributed by atoms with Crippen LogP contribution < -0.4 is 10.6 Å². The fourth-order valence-electron chi connectivity index (χ4n) is 2.08. The predicted octanol–water partition coefficient (Wildman–Crippen LogP) is 3.75. The molecule has 0 radical (unpaired) electrons. The number of benzene rings is 1. The highest BCUT2D eigenvalue weighted by Crippen LogP contribution is 2.18. The van der Waals surface area contributed by atoms with Crippen LogP contribution in [0.2, 0.25) is 0 Å². The summed E-state index contributed by atoms with van der Waals surface area (Å²) in [6.07, 6.45) is 0. The van der Waals surface area contributed by atoms with E-state index >= 15 is 0 Å². The first-order chi connectivity index (χ1) is 11.6. The number of aromatic nitrogens is 1. The second-order valence-electron chi connectivity index (χ2n) is 5.17. The number of aliphatic imine (C=N–C) groups is 1. The first kappa shape index (κ1) is 18.7. The van der Waals surface area contributed by atoms with Crippen LogP contribution in [-0.2, 0) is 6.54 Å². The first-order valence-electron chi connectivity index (χ1n) is 7.92. The maximum absolute atomic E-state index is 12.9. The van der Waals surface area contributed by atoms with Gasteiger partial charge in [-0.2, -0.15) is 0 Å². The molecular weight excluding hydrogens is 343 g/mol. The molecule has 0 amide bonds. The second kappa shape index (κ2) is 9.64. The van der Waals surface area contributed by atoms with E-state index in [-0.39, 0.29) is 5.82 Å². The number of hydrogen-bond donors (Lipinski definition) is 2. The molecule has 4 nitrogen and oxygen atoms in total. The van der Waals surface area contributed by atoms with Crippen molar-refractivity contribution in [1.82, 2.24) is 15.6 Å². The number of thiazole rings is 1. The van der Waals surface area contributed by atoms with Gasteiger partial charge in [0.25, 0.3) is 0 Å². The molecule has 2 aromatic rings. The van der Waals surface area contributed by atoms with Crippen molar-refractivity contribution in [2.24, 2.45) is 4.99 Å². The van der Waals surface area contributed by atoms with Crippen molar-refractivity contribution in [3.05, 3.63) is 45.7 Å². The molecule has 1 heterocycles. The van der Waals surface area contributed by atoms with Gasteiger partial charge in [-0.05, 0) is 45.0 Å². The molecule has 1 aromatic carbocycles. The largest absolute Gasteiger partial charge is 0.357 e. The Morgan fingerprint density at radius 1 is 1.25 bits per heavy atom. The van der Waals surface area contributed by atoms with Gasteiger partial charge >= 0.3 is 0 Å². The van der Waals surface area contributed by atoms with Gasteiger partial charge in [0.2, 0.25) is 0 Å². The number of nitrogens with zero attached hydrogens (tertiary/aromatic N) is 2. The molecule has 0 saturated heterocycles. The van der Waals surface area contributed by atoms with Gasteiger partial charge in [-0.3, -0.25) is 0 Å². The monoisotopic (exact) mass is 366 g/mol. The summed E-state index contributed by atoms with van der Waals surface area (Å²) in [7, 11) is 0. The number of hydrogen-bond acceptors (Lipinski definition) is 4. The Labute approximate surface area is 151 Å². The van der Waals surface area contributed by atoms with Crippen LogP contribution in [0.1, 0.15) is 22.5 Å². The van der Waals surface area contributed by atoms with E-state index in [1.54, 1.807) is 35.2 Å². The summed E-state index contributed by atoms with van der Waals surface area (Å²) in [5.74, 6) is 1.49. The molecule has 0 unspecified atom stereocenters. The molecule has 0 fully saturated rings. The molecular formula is C17H23FN4S2. The van der Waals surface area contributed by atoms with E-state index in [0.717, 1.165) is 40.4 Å². The first-order valence-corrected chi connectivity index (χ1v) is 9.72. The maximum Gasteiger partial charge on any atom is 0.191 e. The Morgan fingerprint density at radius 2 is 2.00 bits per heavy atom. The minimum Gasteiger partial charge on any atom is -0.357 e. The molecule has 24 heavy (non-hydrogen) atoms. The van der Waals surface area contributed by atoms with Crippen LogP contribution in [0.25, 0.3) is 0 Å². The number of thioether (sulfide) groups is 1. The van der Waals surface area contributed by atoms with Gasteiger partial charge in [-0.25, -0.2) is 14.4 Å². The van der Waals surface area contributed by atoms with Gasteiger partial charge in [-0.1, -0.05) is 0 Å². The molecule has 0 bridgehead atoms. The summed E-state index contributed by atoms with van der Waals surface area (Å²) < 4.78 is 12.9. The van der Waals surface area contributed by atoms with E-state index in [9.17, 15) is 4.39 Å². The van der Waals surface area contributed by atoms with Crippen LogP contribution in [0, 0.1) is 19.7 Å². The van der Waals surface area contributed by atoms with Crippen molar-refractivity contribution >= 4 is 29.1 Å². The smallest absolute Gasteiger partial charge is 0.191 e. The zero-order chi connectivity index (χ0) is 17.4. The van der Waals surface area contributed by atoms with Crippen LogP contribution in [0.4, 0.5) is 4.39 Å².